The van der Waals surface area contributed by atoms with E-state index in [4.69, 9.17) is 15.3 Å². The third kappa shape index (κ3) is 6.18. The molecule has 3 rings (SSSR count). The van der Waals surface area contributed by atoms with Gasteiger partial charge in [0.1, 0.15) is 0 Å². The Balaban J connectivity index is 0. The van der Waals surface area contributed by atoms with Crippen LogP contribution in [0.2, 0.25) is 0 Å². The first-order chi connectivity index (χ1) is 13.5. The molecule has 0 saturated heterocycles. The Kier molecular flexibility index (Phi) is 15.9. The molecule has 6 nitrogen and oxygen atoms in total. The van der Waals surface area contributed by atoms with Gasteiger partial charge < -0.3 is 71.9 Å². The van der Waals surface area contributed by atoms with Crippen molar-refractivity contribution >= 4 is 0 Å². The summed E-state index contributed by atoms with van der Waals surface area (Å²) < 4.78 is 0. The van der Waals surface area contributed by atoms with Crippen molar-refractivity contribution in [3.8, 4) is 0 Å². The van der Waals surface area contributed by atoms with Gasteiger partial charge in [0, 0.05) is 0 Å². The van der Waals surface area contributed by atoms with Crippen LogP contribution in [0, 0.1) is 5.92 Å². The predicted molar refractivity (Wildman–Crippen MR) is 112 cm³/mol. The van der Waals surface area contributed by atoms with Crippen LogP contribution in [0.15, 0.2) is 66.0 Å². The summed E-state index contributed by atoms with van der Waals surface area (Å²) in [6, 6.07) is 0. The molecule has 3 atom stereocenters. The van der Waals surface area contributed by atoms with Gasteiger partial charge in [-0.15, -0.1) is 0 Å². The molecule has 10 heteroatoms. The van der Waals surface area contributed by atoms with Crippen molar-refractivity contribution in [2.75, 3.05) is 0 Å². The molecule has 0 bridgehead atoms. The van der Waals surface area contributed by atoms with Crippen LogP contribution in [0.3, 0.4) is 0 Å². The van der Waals surface area contributed by atoms with Crippen LogP contribution in [0.25, 0.3) is 0 Å². The Morgan fingerprint density at radius 3 is 0.969 bits per heavy atom. The molecule has 3 aliphatic heterocycles. The van der Waals surface area contributed by atoms with Gasteiger partial charge in [-0.25, -0.2) is 21.3 Å². The SMILES string of the molecule is CCC1=CC(CC)([C-](C2(CC)C=C(CC)N=N2)C2(CC)C=C(CC)N=N2)N=N1.[I-].[I-].[I-].[Ti+4]. The molecule has 176 valence electrons. The first kappa shape index (κ1) is 35.1. The Morgan fingerprint density at radius 1 is 0.562 bits per heavy atom. The second kappa shape index (κ2) is 14.5. The van der Waals surface area contributed by atoms with Crippen LogP contribution in [0.5, 0.6) is 0 Å². The van der Waals surface area contributed by atoms with Crippen molar-refractivity contribution in [1.29, 1.82) is 0 Å². The molecule has 0 fully saturated rings. The van der Waals surface area contributed by atoms with E-state index in [2.05, 4.69) is 75.1 Å². The summed E-state index contributed by atoms with van der Waals surface area (Å²) in [5, 5.41) is 28.1. The molecule has 32 heavy (non-hydrogen) atoms. The number of azo groups is 3. The molecule has 0 aromatic rings. The Labute approximate surface area is 259 Å². The summed E-state index contributed by atoms with van der Waals surface area (Å²) in [6.07, 6.45) is 11.7. The molecule has 0 amide bonds. The number of nitrogens with zero attached hydrogens (tertiary/aromatic N) is 6. The molecule has 0 aromatic heterocycles. The fraction of sp³-hybridized carbons (Fsp3) is 0.682. The molecular formula is C22H33I3N6Ti. The first-order valence-electron chi connectivity index (χ1n) is 10.8. The molecule has 0 radical (unpaired) electrons. The van der Waals surface area contributed by atoms with Crippen molar-refractivity contribution in [3.63, 3.8) is 0 Å². The molecule has 3 unspecified atom stereocenters. The molecule has 0 aromatic carbocycles. The minimum Gasteiger partial charge on any atom is -1.00 e. The van der Waals surface area contributed by atoms with Crippen molar-refractivity contribution < 1.29 is 93.6 Å². The number of hydrogen-bond acceptors (Lipinski definition) is 6. The maximum Gasteiger partial charge on any atom is 4.00 e. The van der Waals surface area contributed by atoms with Gasteiger partial charge in [0.15, 0.2) is 0 Å². The second-order valence-electron chi connectivity index (χ2n) is 7.78. The summed E-state index contributed by atoms with van der Waals surface area (Å²) in [5.74, 6) is 1.16. The van der Waals surface area contributed by atoms with Gasteiger partial charge in [0.25, 0.3) is 0 Å². The van der Waals surface area contributed by atoms with Gasteiger partial charge in [0.05, 0.1) is 17.1 Å². The summed E-state index contributed by atoms with van der Waals surface area (Å²) in [6.45, 7) is 12.9. The summed E-state index contributed by atoms with van der Waals surface area (Å²) >= 11 is 0. The molecule has 0 saturated carbocycles. The van der Waals surface area contributed by atoms with Crippen molar-refractivity contribution in [2.24, 2.45) is 30.7 Å². The third-order valence-corrected chi connectivity index (χ3v) is 6.29. The zero-order valence-corrected chi connectivity index (χ0v) is 27.8. The number of hydrogen-bond donors (Lipinski definition) is 0. The minimum absolute atomic E-state index is 0. The Morgan fingerprint density at radius 2 is 0.812 bits per heavy atom. The van der Waals surface area contributed by atoms with Gasteiger partial charge in [-0.3, -0.25) is 0 Å². The summed E-state index contributed by atoms with van der Waals surface area (Å²) in [7, 11) is 0. The molecule has 3 aliphatic rings. The van der Waals surface area contributed by atoms with Crippen LogP contribution >= 0.6 is 0 Å². The number of rotatable bonds is 9. The molecule has 3 heterocycles. The van der Waals surface area contributed by atoms with Gasteiger partial charge in [-0.05, 0) is 35.9 Å². The van der Waals surface area contributed by atoms with E-state index in [9.17, 15) is 0 Å². The monoisotopic (exact) mass is 810 g/mol. The molecule has 0 aliphatic carbocycles. The topological polar surface area (TPSA) is 74.2 Å². The standard InChI is InChI=1S/C22H33N6.3HI.Ti/c1-7-16-13-20(10-4,26-23-16)19(21(11-5)14-17(8-2)24-27-21)22(12-6)15-18(9-3)25-28-22;;;;/h13-15H,7-12H2,1-6H3;3*1H;/q-1;;;;+4/p-3. The van der Waals surface area contributed by atoms with E-state index >= 15 is 0 Å². The number of allylic oxidation sites excluding steroid dienone is 3. The molecular weight excluding hydrogens is 777 g/mol. The van der Waals surface area contributed by atoms with E-state index in [0.29, 0.717) is 0 Å². The fourth-order valence-corrected chi connectivity index (χ4v) is 4.52. The zero-order valence-electron chi connectivity index (χ0n) is 19.8. The summed E-state index contributed by atoms with van der Waals surface area (Å²) in [4.78, 5) is 0. The van der Waals surface area contributed by atoms with E-state index in [1.165, 1.54) is 0 Å². The average Bonchev–Trinajstić information content (AvgIpc) is 3.46. The van der Waals surface area contributed by atoms with Crippen LogP contribution in [-0.4, -0.2) is 16.6 Å². The molecule has 0 spiro atoms. The Bertz CT molecular complexity index is 705. The van der Waals surface area contributed by atoms with E-state index in [0.717, 1.165) is 61.5 Å². The zero-order chi connectivity index (χ0) is 20.4. The van der Waals surface area contributed by atoms with E-state index in [1.807, 2.05) is 0 Å². The molecule has 0 N–H and O–H groups in total. The van der Waals surface area contributed by atoms with Crippen molar-refractivity contribution in [3.05, 3.63) is 41.2 Å². The van der Waals surface area contributed by atoms with Crippen LogP contribution in [0.1, 0.15) is 80.1 Å². The van der Waals surface area contributed by atoms with Crippen LogP contribution < -0.4 is 71.9 Å². The first-order valence-corrected chi connectivity index (χ1v) is 10.8. The maximum atomic E-state index is 4.85. The maximum absolute atomic E-state index is 4.85. The van der Waals surface area contributed by atoms with Gasteiger partial charge in [0.2, 0.25) is 0 Å². The normalized spacial score (nSPS) is 29.5. The Hall–Kier alpha value is 0.924. The van der Waals surface area contributed by atoms with Crippen LogP contribution in [0.4, 0.5) is 0 Å². The smallest absolute Gasteiger partial charge is 1.00 e. The summed E-state index contributed by atoms with van der Waals surface area (Å²) in [5.41, 5.74) is 1.49. The van der Waals surface area contributed by atoms with E-state index < -0.39 is 16.6 Å². The second-order valence-corrected chi connectivity index (χ2v) is 7.78. The quantitative estimate of drug-likeness (QED) is 0.152. The predicted octanol–water partition coefficient (Wildman–Crippen LogP) is -1.70. The minimum atomic E-state index is -0.533. The van der Waals surface area contributed by atoms with Crippen LogP contribution in [-0.2, 0) is 21.7 Å². The van der Waals surface area contributed by atoms with Crippen molar-refractivity contribution in [1.82, 2.24) is 0 Å². The largest absolute Gasteiger partial charge is 4.00 e. The van der Waals surface area contributed by atoms with E-state index in [1.54, 1.807) is 0 Å². The van der Waals surface area contributed by atoms with Gasteiger partial charge >= 0.3 is 21.7 Å². The average molecular weight is 810 g/mol. The van der Waals surface area contributed by atoms with Gasteiger partial charge in [-0.2, -0.15) is 15.3 Å². The van der Waals surface area contributed by atoms with Crippen molar-refractivity contribution in [2.45, 2.75) is 96.7 Å². The van der Waals surface area contributed by atoms with E-state index in [-0.39, 0.29) is 93.6 Å². The third-order valence-electron chi connectivity index (χ3n) is 6.29. The van der Waals surface area contributed by atoms with Gasteiger partial charge in [-0.1, -0.05) is 79.0 Å². The fourth-order valence-electron chi connectivity index (χ4n) is 4.52. The number of halogens is 3.